The smallest absolute Gasteiger partial charge is 0.0543 e. The zero-order valence-corrected chi connectivity index (χ0v) is 45.2. The lowest BCUT2D eigenvalue weighted by atomic mass is 9.83. The van der Waals surface area contributed by atoms with Crippen LogP contribution in [-0.2, 0) is 10.8 Å². The van der Waals surface area contributed by atoms with E-state index < -0.39 is 0 Å². The summed E-state index contributed by atoms with van der Waals surface area (Å²) in [5.41, 5.74) is 22.2. The van der Waals surface area contributed by atoms with Gasteiger partial charge in [0.05, 0.1) is 11.4 Å². The Hall–Kier alpha value is -7.16. The molecule has 0 heterocycles. The zero-order chi connectivity index (χ0) is 51.0. The normalized spacial score (nSPS) is 12.3. The van der Waals surface area contributed by atoms with E-state index in [2.05, 4.69) is 277 Å². The third-order valence-electron chi connectivity index (χ3n) is 15.4. The summed E-state index contributed by atoms with van der Waals surface area (Å²) in [7, 11) is 0. The largest absolute Gasteiger partial charge is 0.309 e. The molecule has 0 aromatic heterocycles. The molecule has 362 valence electrons. The van der Waals surface area contributed by atoms with Crippen molar-refractivity contribution in [1.82, 2.24) is 0 Å². The van der Waals surface area contributed by atoms with Gasteiger partial charge in [0.1, 0.15) is 0 Å². The number of aryl methyl sites for hydroxylation is 4. The van der Waals surface area contributed by atoms with Crippen molar-refractivity contribution in [2.24, 2.45) is 0 Å². The van der Waals surface area contributed by atoms with Crippen LogP contribution in [0.3, 0.4) is 0 Å². The molecule has 0 unspecified atom stereocenters. The molecule has 10 aromatic carbocycles. The summed E-state index contributed by atoms with van der Waals surface area (Å²) in [6.45, 7) is 32.6. The standard InChI is InChI=1S/C70H72N2/c1-43(2)59-41-65(71(63-39-53(69(9,10)11)31-27-47(63)7)61-37-51(29-25-45(61)5)49-21-17-15-18-22-49)57-36-34-56-60(44(3)4)42-66(58-35-33-55(59)67(57)68(56)58)72(64-40-54(70(12,13)14)32-28-48(64)8)62-38-52(30-26-46(62)6)50-23-19-16-20-24-50/h15-44H,1-14H3. The number of hydrogen-bond acceptors (Lipinski definition) is 2. The first kappa shape index (κ1) is 48.5. The maximum absolute atomic E-state index is 2.61. The molecule has 0 amide bonds. The SMILES string of the molecule is Cc1ccc(-c2ccccc2)cc1N(c1cc(C(C)(C)C)ccc1C)c1cc(C(C)C)c2ccc3c(N(c4cc(-c5ccccc5)ccc4C)c4cc(C(C)(C)C)ccc4C)cc(C(C)C)c4ccc1c2c43. The minimum Gasteiger partial charge on any atom is -0.309 e. The van der Waals surface area contributed by atoms with Gasteiger partial charge >= 0.3 is 0 Å². The van der Waals surface area contributed by atoms with Crippen molar-refractivity contribution >= 4 is 66.4 Å². The van der Waals surface area contributed by atoms with Gasteiger partial charge in [0.2, 0.25) is 0 Å². The highest BCUT2D eigenvalue weighted by atomic mass is 15.2. The van der Waals surface area contributed by atoms with Gasteiger partial charge in [0.25, 0.3) is 0 Å². The fourth-order valence-electron chi connectivity index (χ4n) is 11.1. The van der Waals surface area contributed by atoms with Crippen molar-refractivity contribution in [2.75, 3.05) is 9.80 Å². The molecule has 0 atom stereocenters. The maximum Gasteiger partial charge on any atom is 0.0543 e. The summed E-state index contributed by atoms with van der Waals surface area (Å²) in [5.74, 6) is 0.529. The molecule has 10 aromatic rings. The summed E-state index contributed by atoms with van der Waals surface area (Å²) in [6.07, 6.45) is 0. The third kappa shape index (κ3) is 8.63. The Kier molecular flexibility index (Phi) is 12.4. The lowest BCUT2D eigenvalue weighted by Crippen LogP contribution is -2.17. The summed E-state index contributed by atoms with van der Waals surface area (Å²) in [6, 6.07) is 64.8. The molecule has 0 saturated heterocycles. The van der Waals surface area contributed by atoms with E-state index in [4.69, 9.17) is 0 Å². The Morgan fingerprint density at radius 3 is 0.958 bits per heavy atom. The Bertz CT molecular complexity index is 3390. The maximum atomic E-state index is 2.61. The zero-order valence-electron chi connectivity index (χ0n) is 45.2. The second-order valence-electron chi connectivity index (χ2n) is 23.3. The van der Waals surface area contributed by atoms with E-state index in [9.17, 15) is 0 Å². The van der Waals surface area contributed by atoms with Crippen LogP contribution in [0.1, 0.15) is 126 Å². The fraction of sp³-hybridized carbons (Fsp3) is 0.257. The summed E-state index contributed by atoms with van der Waals surface area (Å²) >= 11 is 0. The number of nitrogens with zero attached hydrogens (tertiary/aromatic N) is 2. The van der Waals surface area contributed by atoms with E-state index in [0.29, 0.717) is 0 Å². The molecule has 0 aliphatic heterocycles. The highest BCUT2D eigenvalue weighted by Crippen LogP contribution is 2.53. The van der Waals surface area contributed by atoms with Crippen LogP contribution in [0.15, 0.2) is 170 Å². The van der Waals surface area contributed by atoms with Crippen LogP contribution >= 0.6 is 0 Å². The molecular weight excluding hydrogens is 869 g/mol. The van der Waals surface area contributed by atoms with Crippen LogP contribution in [0.4, 0.5) is 34.1 Å². The van der Waals surface area contributed by atoms with Crippen LogP contribution in [0.25, 0.3) is 54.6 Å². The lowest BCUT2D eigenvalue weighted by Gasteiger charge is -2.34. The van der Waals surface area contributed by atoms with Gasteiger partial charge in [0, 0.05) is 33.5 Å². The van der Waals surface area contributed by atoms with Gasteiger partial charge in [-0.25, -0.2) is 0 Å². The summed E-state index contributed by atoms with van der Waals surface area (Å²) < 4.78 is 0. The Balaban J connectivity index is 1.35. The van der Waals surface area contributed by atoms with Gasteiger partial charge in [0.15, 0.2) is 0 Å². The quantitative estimate of drug-likeness (QED) is 0.126. The minimum atomic E-state index is -0.0416. The number of hydrogen-bond donors (Lipinski definition) is 0. The van der Waals surface area contributed by atoms with E-state index in [1.165, 1.54) is 133 Å². The fourth-order valence-corrected chi connectivity index (χ4v) is 11.1. The Morgan fingerprint density at radius 1 is 0.306 bits per heavy atom. The number of benzene rings is 10. The highest BCUT2D eigenvalue weighted by molar-refractivity contribution is 6.29. The first-order chi connectivity index (χ1) is 34.3. The second-order valence-corrected chi connectivity index (χ2v) is 23.3. The van der Waals surface area contributed by atoms with Crippen molar-refractivity contribution in [3.63, 3.8) is 0 Å². The Labute approximate surface area is 430 Å². The van der Waals surface area contributed by atoms with E-state index >= 15 is 0 Å². The van der Waals surface area contributed by atoms with E-state index in [0.717, 1.165) is 0 Å². The van der Waals surface area contributed by atoms with Crippen LogP contribution in [0, 0.1) is 27.7 Å². The van der Waals surface area contributed by atoms with Crippen molar-refractivity contribution in [3.05, 3.63) is 214 Å². The van der Waals surface area contributed by atoms with E-state index in [1.807, 2.05) is 0 Å². The van der Waals surface area contributed by atoms with E-state index in [1.54, 1.807) is 0 Å². The minimum absolute atomic E-state index is 0.0416. The molecule has 2 heteroatoms. The molecule has 0 fully saturated rings. The van der Waals surface area contributed by atoms with Gasteiger partial charge in [-0.05, 0) is 175 Å². The predicted octanol–water partition coefficient (Wildman–Crippen LogP) is 20.9. The van der Waals surface area contributed by atoms with Gasteiger partial charge in [-0.3, -0.25) is 0 Å². The van der Waals surface area contributed by atoms with Crippen molar-refractivity contribution in [3.8, 4) is 22.3 Å². The van der Waals surface area contributed by atoms with Crippen molar-refractivity contribution < 1.29 is 0 Å². The van der Waals surface area contributed by atoms with Gasteiger partial charge in [-0.15, -0.1) is 0 Å². The number of anilines is 6. The lowest BCUT2D eigenvalue weighted by molar-refractivity contribution is 0.590. The monoisotopic (exact) mass is 941 g/mol. The first-order valence-corrected chi connectivity index (χ1v) is 26.2. The molecule has 0 spiro atoms. The molecule has 0 aliphatic carbocycles. The molecule has 2 nitrogen and oxygen atoms in total. The second kappa shape index (κ2) is 18.5. The number of rotatable bonds is 10. The summed E-state index contributed by atoms with van der Waals surface area (Å²) in [4.78, 5) is 5.22. The molecule has 0 saturated carbocycles. The average molecular weight is 941 g/mol. The molecule has 0 bridgehead atoms. The van der Waals surface area contributed by atoms with E-state index in [-0.39, 0.29) is 22.7 Å². The third-order valence-corrected chi connectivity index (χ3v) is 15.4. The van der Waals surface area contributed by atoms with Gasteiger partial charge < -0.3 is 9.80 Å². The highest BCUT2D eigenvalue weighted by Gasteiger charge is 2.29. The van der Waals surface area contributed by atoms with Crippen molar-refractivity contribution in [2.45, 2.75) is 120 Å². The molecular formula is C70H72N2. The van der Waals surface area contributed by atoms with Crippen LogP contribution in [-0.4, -0.2) is 0 Å². The molecule has 0 radical (unpaired) electrons. The van der Waals surface area contributed by atoms with Gasteiger partial charge in [-0.1, -0.05) is 203 Å². The van der Waals surface area contributed by atoms with Crippen LogP contribution < -0.4 is 9.80 Å². The predicted molar refractivity (Wildman–Crippen MR) is 315 cm³/mol. The average Bonchev–Trinajstić information content (AvgIpc) is 3.35. The van der Waals surface area contributed by atoms with Crippen LogP contribution in [0.2, 0.25) is 0 Å². The van der Waals surface area contributed by atoms with Crippen molar-refractivity contribution in [1.29, 1.82) is 0 Å². The van der Waals surface area contributed by atoms with Gasteiger partial charge in [-0.2, -0.15) is 0 Å². The molecule has 10 rings (SSSR count). The molecule has 0 N–H and O–H groups in total. The first-order valence-electron chi connectivity index (χ1n) is 26.2. The Morgan fingerprint density at radius 2 is 0.625 bits per heavy atom. The molecule has 0 aliphatic rings. The molecule has 72 heavy (non-hydrogen) atoms. The summed E-state index contributed by atoms with van der Waals surface area (Å²) in [5, 5.41) is 7.81. The topological polar surface area (TPSA) is 6.48 Å². The van der Waals surface area contributed by atoms with Crippen LogP contribution in [0.5, 0.6) is 0 Å².